The zero-order chi connectivity index (χ0) is 17.1. The summed E-state index contributed by atoms with van der Waals surface area (Å²) in [6.07, 6.45) is 0. The Morgan fingerprint density at radius 1 is 1.42 bits per heavy atom. The third-order valence-corrected chi connectivity index (χ3v) is 4.32. The molecule has 2 aromatic rings. The summed E-state index contributed by atoms with van der Waals surface area (Å²) in [6, 6.07) is 6.50. The van der Waals surface area contributed by atoms with E-state index in [2.05, 4.69) is 4.98 Å². The van der Waals surface area contributed by atoms with Gasteiger partial charge in [-0.05, 0) is 25.1 Å². The first-order chi connectivity index (χ1) is 11.6. The molecule has 8 heteroatoms. The maximum atomic E-state index is 12.1. The van der Waals surface area contributed by atoms with Gasteiger partial charge in [-0.25, -0.2) is 9.78 Å². The van der Waals surface area contributed by atoms with Gasteiger partial charge in [0.2, 0.25) is 6.79 Å². The van der Waals surface area contributed by atoms with Crippen LogP contribution in [0.5, 0.6) is 11.5 Å². The highest BCUT2D eigenvalue weighted by molar-refractivity contribution is 7.09. The number of aromatic nitrogens is 1. The molecule has 0 fully saturated rings. The average molecular weight is 344 g/mol. The van der Waals surface area contributed by atoms with Crippen LogP contribution in [0.2, 0.25) is 0 Å². The molecule has 0 spiro atoms. The van der Waals surface area contributed by atoms with E-state index in [1.165, 1.54) is 23.5 Å². The SMILES string of the molecule is Cc1csc(C(C#N)C(=O)COC(=O)c2ccc3c(c2)OCO3)n1. The molecule has 1 aromatic heterocycles. The largest absolute Gasteiger partial charge is 0.454 e. The van der Waals surface area contributed by atoms with Gasteiger partial charge < -0.3 is 14.2 Å². The summed E-state index contributed by atoms with van der Waals surface area (Å²) in [7, 11) is 0. The number of nitriles is 1. The number of thiazole rings is 1. The first kappa shape index (κ1) is 16.0. The molecule has 0 saturated heterocycles. The van der Waals surface area contributed by atoms with Crippen molar-refractivity contribution in [2.75, 3.05) is 13.4 Å². The third-order valence-electron chi connectivity index (χ3n) is 3.29. The summed E-state index contributed by atoms with van der Waals surface area (Å²) in [5.41, 5.74) is 0.978. The van der Waals surface area contributed by atoms with Crippen molar-refractivity contribution in [3.63, 3.8) is 0 Å². The Balaban J connectivity index is 1.63. The molecule has 24 heavy (non-hydrogen) atoms. The Hall–Kier alpha value is -2.92. The standard InChI is InChI=1S/C16H12N2O5S/c1-9-7-24-15(18-9)11(5-17)12(19)6-21-16(20)10-2-3-13-14(4-10)23-8-22-13/h2-4,7,11H,6,8H2,1H3. The first-order valence-electron chi connectivity index (χ1n) is 6.99. The summed E-state index contributed by atoms with van der Waals surface area (Å²) in [5.74, 6) is -1.22. The molecule has 1 atom stereocenters. The molecule has 0 amide bonds. The molecular formula is C16H12N2O5S. The van der Waals surface area contributed by atoms with Crippen LogP contribution in [0, 0.1) is 18.3 Å². The second-order valence-corrected chi connectivity index (χ2v) is 5.89. The van der Waals surface area contributed by atoms with Gasteiger partial charge in [-0.2, -0.15) is 5.26 Å². The Kier molecular flexibility index (Phi) is 4.44. The maximum Gasteiger partial charge on any atom is 0.338 e. The predicted octanol–water partition coefficient (Wildman–Crippen LogP) is 2.21. The molecule has 1 aliphatic heterocycles. The van der Waals surface area contributed by atoms with Crippen LogP contribution in [0.4, 0.5) is 0 Å². The number of Topliss-reactive ketones (excluding diaryl/α,β-unsaturated/α-hetero) is 1. The van der Waals surface area contributed by atoms with E-state index in [0.717, 1.165) is 5.69 Å². The maximum absolute atomic E-state index is 12.1. The van der Waals surface area contributed by atoms with E-state index in [1.807, 2.05) is 6.07 Å². The Labute approximate surface area is 141 Å². The number of nitrogens with zero attached hydrogens (tertiary/aromatic N) is 2. The number of hydrogen-bond acceptors (Lipinski definition) is 8. The van der Waals surface area contributed by atoms with Crippen LogP contribution in [0.25, 0.3) is 0 Å². The van der Waals surface area contributed by atoms with Gasteiger partial charge in [0.05, 0.1) is 11.6 Å². The minimum absolute atomic E-state index is 0.101. The highest BCUT2D eigenvalue weighted by Crippen LogP contribution is 2.32. The van der Waals surface area contributed by atoms with Crippen molar-refractivity contribution in [3.05, 3.63) is 39.8 Å². The van der Waals surface area contributed by atoms with E-state index in [-0.39, 0.29) is 12.4 Å². The summed E-state index contributed by atoms with van der Waals surface area (Å²) >= 11 is 1.23. The van der Waals surface area contributed by atoms with Crippen molar-refractivity contribution in [1.29, 1.82) is 5.26 Å². The Bertz CT molecular complexity index is 839. The van der Waals surface area contributed by atoms with Crippen LogP contribution in [-0.4, -0.2) is 30.1 Å². The fourth-order valence-corrected chi connectivity index (χ4v) is 2.96. The van der Waals surface area contributed by atoms with Gasteiger partial charge >= 0.3 is 5.97 Å². The van der Waals surface area contributed by atoms with E-state index >= 15 is 0 Å². The summed E-state index contributed by atoms with van der Waals surface area (Å²) < 4.78 is 15.3. The van der Waals surface area contributed by atoms with Crippen LogP contribution in [-0.2, 0) is 9.53 Å². The number of aryl methyl sites for hydroxylation is 1. The lowest BCUT2D eigenvalue weighted by atomic mass is 10.1. The van der Waals surface area contributed by atoms with Gasteiger partial charge in [-0.1, -0.05) is 0 Å². The molecule has 2 heterocycles. The molecule has 7 nitrogen and oxygen atoms in total. The van der Waals surface area contributed by atoms with Crippen molar-refractivity contribution in [1.82, 2.24) is 4.98 Å². The lowest BCUT2D eigenvalue weighted by molar-refractivity contribution is -0.122. The van der Waals surface area contributed by atoms with Crippen LogP contribution in [0.1, 0.15) is 27.0 Å². The zero-order valence-electron chi connectivity index (χ0n) is 12.6. The number of esters is 1. The Morgan fingerprint density at radius 3 is 2.92 bits per heavy atom. The number of benzene rings is 1. The van der Waals surface area contributed by atoms with Crippen molar-refractivity contribution in [2.45, 2.75) is 12.8 Å². The third kappa shape index (κ3) is 3.21. The molecular weight excluding hydrogens is 332 g/mol. The van der Waals surface area contributed by atoms with E-state index in [1.54, 1.807) is 18.4 Å². The summed E-state index contributed by atoms with van der Waals surface area (Å²) in [6.45, 7) is 1.38. The number of fused-ring (bicyclic) bond motifs is 1. The average Bonchev–Trinajstić information content (AvgIpc) is 3.21. The van der Waals surface area contributed by atoms with Gasteiger partial charge in [0.25, 0.3) is 0 Å². The molecule has 1 unspecified atom stereocenters. The van der Waals surface area contributed by atoms with Gasteiger partial charge in [-0.15, -0.1) is 11.3 Å². The molecule has 0 bridgehead atoms. The summed E-state index contributed by atoms with van der Waals surface area (Å²) in [4.78, 5) is 28.3. The van der Waals surface area contributed by atoms with Gasteiger partial charge in [0, 0.05) is 11.1 Å². The van der Waals surface area contributed by atoms with Crippen molar-refractivity contribution >= 4 is 23.1 Å². The van der Waals surface area contributed by atoms with Gasteiger partial charge in [0.15, 0.2) is 29.8 Å². The number of hydrogen-bond donors (Lipinski definition) is 0. The lowest BCUT2D eigenvalue weighted by Gasteiger charge is -2.07. The molecule has 0 radical (unpaired) electrons. The van der Waals surface area contributed by atoms with Crippen molar-refractivity contribution in [3.8, 4) is 17.6 Å². The second-order valence-electron chi connectivity index (χ2n) is 5.00. The first-order valence-corrected chi connectivity index (χ1v) is 7.87. The molecule has 1 aromatic carbocycles. The number of carbonyl (C=O) groups is 2. The van der Waals surface area contributed by atoms with Crippen molar-refractivity contribution < 1.29 is 23.8 Å². The fraction of sp³-hybridized carbons (Fsp3) is 0.250. The number of ketones is 1. The van der Waals surface area contributed by atoms with E-state index in [9.17, 15) is 14.9 Å². The van der Waals surface area contributed by atoms with Crippen molar-refractivity contribution in [2.24, 2.45) is 0 Å². The topological polar surface area (TPSA) is 98.5 Å². The minimum atomic E-state index is -1.03. The lowest BCUT2D eigenvalue weighted by Crippen LogP contribution is -2.19. The van der Waals surface area contributed by atoms with Crippen LogP contribution >= 0.6 is 11.3 Å². The molecule has 0 saturated carbocycles. The smallest absolute Gasteiger partial charge is 0.338 e. The monoisotopic (exact) mass is 344 g/mol. The number of rotatable bonds is 5. The number of ether oxygens (including phenoxy) is 3. The van der Waals surface area contributed by atoms with E-state index in [0.29, 0.717) is 16.5 Å². The van der Waals surface area contributed by atoms with Crippen LogP contribution in [0.3, 0.4) is 0 Å². The van der Waals surface area contributed by atoms with Crippen LogP contribution in [0.15, 0.2) is 23.6 Å². The molecule has 1 aliphatic rings. The van der Waals surface area contributed by atoms with E-state index < -0.39 is 24.3 Å². The van der Waals surface area contributed by atoms with E-state index in [4.69, 9.17) is 14.2 Å². The molecule has 0 N–H and O–H groups in total. The molecule has 3 rings (SSSR count). The fourth-order valence-electron chi connectivity index (χ4n) is 2.10. The zero-order valence-corrected chi connectivity index (χ0v) is 13.5. The second kappa shape index (κ2) is 6.68. The highest BCUT2D eigenvalue weighted by atomic mass is 32.1. The molecule has 122 valence electrons. The Morgan fingerprint density at radius 2 is 2.21 bits per heavy atom. The van der Waals surface area contributed by atoms with Gasteiger partial charge in [0.1, 0.15) is 5.01 Å². The minimum Gasteiger partial charge on any atom is -0.454 e. The number of carbonyl (C=O) groups excluding carboxylic acids is 2. The quantitative estimate of drug-likeness (QED) is 0.767. The highest BCUT2D eigenvalue weighted by Gasteiger charge is 2.25. The normalized spacial score (nSPS) is 13.2. The van der Waals surface area contributed by atoms with Crippen LogP contribution < -0.4 is 9.47 Å². The predicted molar refractivity (Wildman–Crippen MR) is 83.1 cm³/mol. The summed E-state index contributed by atoms with van der Waals surface area (Å²) in [5, 5.41) is 11.3. The van der Waals surface area contributed by atoms with Gasteiger partial charge in [-0.3, -0.25) is 4.79 Å². The molecule has 0 aliphatic carbocycles.